The molecule has 3 rings (SSSR count). The monoisotopic (exact) mass is 697 g/mol. The van der Waals surface area contributed by atoms with Crippen LogP contribution in [0, 0.1) is 5.82 Å². The summed E-state index contributed by atoms with van der Waals surface area (Å²) in [5.41, 5.74) is 0.691. The molecular weight excluding hydrogens is 645 g/mol. The van der Waals surface area contributed by atoms with Crippen molar-refractivity contribution in [3.63, 3.8) is 0 Å². The van der Waals surface area contributed by atoms with Crippen LogP contribution in [0.25, 0.3) is 0 Å². The lowest BCUT2D eigenvalue weighted by atomic mass is 9.84. The number of halogens is 1. The van der Waals surface area contributed by atoms with Gasteiger partial charge in [-0.25, -0.2) is 9.18 Å². The number of rotatable bonds is 7. The minimum Gasteiger partial charge on any atom is -0.508 e. The van der Waals surface area contributed by atoms with Gasteiger partial charge in [0.05, 0.1) is 0 Å². The maximum atomic E-state index is 14.1. The second-order valence-corrected chi connectivity index (χ2v) is 14.7. The van der Waals surface area contributed by atoms with Gasteiger partial charge in [-0.15, -0.1) is 0 Å². The summed E-state index contributed by atoms with van der Waals surface area (Å²) in [7, 11) is 1.45. The highest BCUT2D eigenvalue weighted by Gasteiger charge is 2.35. The molecule has 12 nitrogen and oxygen atoms in total. The van der Waals surface area contributed by atoms with E-state index in [0.29, 0.717) is 36.1 Å². The third kappa shape index (κ3) is 12.3. The number of hydrogen-bond acceptors (Lipinski definition) is 7. The number of ether oxygens (including phenoxy) is 1. The molecule has 274 valence electrons. The van der Waals surface area contributed by atoms with Crippen LogP contribution in [0.2, 0.25) is 0 Å². The second-order valence-electron chi connectivity index (χ2n) is 14.7. The lowest BCUT2D eigenvalue weighted by Gasteiger charge is -2.32. The molecule has 13 heteroatoms. The summed E-state index contributed by atoms with van der Waals surface area (Å²) in [6.07, 6.45) is 0.489. The topological polar surface area (TPSA) is 166 Å². The van der Waals surface area contributed by atoms with Gasteiger partial charge in [0, 0.05) is 39.4 Å². The van der Waals surface area contributed by atoms with Crippen LogP contribution >= 0.6 is 0 Å². The number of phenols is 1. The molecule has 0 spiro atoms. The number of aromatic hydroxyl groups is 1. The number of amides is 5. The van der Waals surface area contributed by atoms with Crippen molar-refractivity contribution in [2.75, 3.05) is 20.1 Å². The Labute approximate surface area is 293 Å². The summed E-state index contributed by atoms with van der Waals surface area (Å²) < 4.78 is 19.1. The summed E-state index contributed by atoms with van der Waals surface area (Å²) >= 11 is 0. The lowest BCUT2D eigenvalue weighted by Crippen LogP contribution is -2.58. The van der Waals surface area contributed by atoms with Crippen LogP contribution in [-0.4, -0.2) is 83.6 Å². The molecule has 1 heterocycles. The number of carbonyl (C=O) groups excluding carboxylic acids is 5. The van der Waals surface area contributed by atoms with Gasteiger partial charge in [-0.05, 0) is 80.3 Å². The van der Waals surface area contributed by atoms with Gasteiger partial charge >= 0.3 is 6.09 Å². The highest BCUT2D eigenvalue weighted by Crippen LogP contribution is 2.31. The zero-order valence-electron chi connectivity index (χ0n) is 30.2. The van der Waals surface area contributed by atoms with Gasteiger partial charge in [-0.2, -0.15) is 0 Å². The fourth-order valence-electron chi connectivity index (χ4n) is 5.63. The van der Waals surface area contributed by atoms with Crippen LogP contribution in [0.4, 0.5) is 9.18 Å². The SMILES string of the molecule is CN(C(=O)[C@H](Cc1ccc(F)cc1)NC(=O)OC(C)(C)C)C1CCCCNC(=O)CCNC(=O)C(Cc2ccc(O)c(C(C)(C)C)c2)NC1=O. The Morgan fingerprint density at radius 2 is 1.62 bits per heavy atom. The molecule has 1 aliphatic heterocycles. The van der Waals surface area contributed by atoms with E-state index in [1.54, 1.807) is 39.0 Å². The molecule has 2 aromatic carbocycles. The minimum absolute atomic E-state index is 0.00887. The molecule has 1 fully saturated rings. The van der Waals surface area contributed by atoms with Crippen molar-refractivity contribution in [3.05, 3.63) is 65.0 Å². The molecule has 5 amide bonds. The molecule has 3 atom stereocenters. The molecule has 0 aromatic heterocycles. The van der Waals surface area contributed by atoms with Crippen molar-refractivity contribution in [3.8, 4) is 5.75 Å². The van der Waals surface area contributed by atoms with Crippen LogP contribution in [-0.2, 0) is 42.2 Å². The van der Waals surface area contributed by atoms with Gasteiger partial charge in [0.25, 0.3) is 0 Å². The van der Waals surface area contributed by atoms with Crippen molar-refractivity contribution in [1.82, 2.24) is 26.2 Å². The van der Waals surface area contributed by atoms with E-state index in [1.807, 2.05) is 20.8 Å². The molecule has 1 aliphatic rings. The van der Waals surface area contributed by atoms with Crippen molar-refractivity contribution in [2.45, 2.75) is 109 Å². The van der Waals surface area contributed by atoms with Crippen LogP contribution in [0.15, 0.2) is 42.5 Å². The van der Waals surface area contributed by atoms with Crippen LogP contribution in [0.5, 0.6) is 5.75 Å². The molecular formula is C37H52FN5O7. The van der Waals surface area contributed by atoms with Crippen molar-refractivity contribution >= 4 is 29.7 Å². The summed E-state index contributed by atoms with van der Waals surface area (Å²) in [6.45, 7) is 11.3. The first-order valence-electron chi connectivity index (χ1n) is 17.0. The highest BCUT2D eigenvalue weighted by atomic mass is 19.1. The van der Waals surface area contributed by atoms with E-state index in [4.69, 9.17) is 4.74 Å². The lowest BCUT2D eigenvalue weighted by molar-refractivity contribution is -0.141. The number of nitrogens with one attached hydrogen (secondary N) is 4. The summed E-state index contributed by atoms with van der Waals surface area (Å²) in [5.74, 6) is -2.25. The average molecular weight is 698 g/mol. The predicted molar refractivity (Wildman–Crippen MR) is 187 cm³/mol. The molecule has 5 N–H and O–H groups in total. The van der Waals surface area contributed by atoms with Crippen LogP contribution in [0.1, 0.15) is 83.9 Å². The molecule has 0 bridgehead atoms. The normalized spacial score (nSPS) is 18.8. The van der Waals surface area contributed by atoms with Crippen LogP contribution < -0.4 is 21.3 Å². The van der Waals surface area contributed by atoms with Gasteiger partial charge < -0.3 is 36.0 Å². The molecule has 0 radical (unpaired) electrons. The molecule has 50 heavy (non-hydrogen) atoms. The molecule has 2 unspecified atom stereocenters. The van der Waals surface area contributed by atoms with E-state index in [9.17, 15) is 33.5 Å². The van der Waals surface area contributed by atoms with E-state index >= 15 is 0 Å². The Hall–Kier alpha value is -4.68. The van der Waals surface area contributed by atoms with E-state index in [-0.39, 0.29) is 43.9 Å². The maximum absolute atomic E-state index is 14.1. The van der Waals surface area contributed by atoms with Crippen molar-refractivity contribution < 1.29 is 38.2 Å². The zero-order chi connectivity index (χ0) is 37.2. The Morgan fingerprint density at radius 3 is 2.26 bits per heavy atom. The Morgan fingerprint density at radius 1 is 0.960 bits per heavy atom. The molecule has 1 saturated heterocycles. The number of carbonyl (C=O) groups is 5. The average Bonchev–Trinajstić information content (AvgIpc) is 3.01. The third-order valence-electron chi connectivity index (χ3n) is 8.28. The number of hydrogen-bond donors (Lipinski definition) is 5. The van der Waals surface area contributed by atoms with Gasteiger partial charge in [-0.1, -0.05) is 45.0 Å². The summed E-state index contributed by atoms with van der Waals surface area (Å²) in [6, 6.07) is 7.23. The Bertz CT molecular complexity index is 1520. The van der Waals surface area contributed by atoms with E-state index in [0.717, 1.165) is 0 Å². The summed E-state index contributed by atoms with van der Waals surface area (Å²) in [4.78, 5) is 68.2. The largest absolute Gasteiger partial charge is 0.508 e. The Balaban J connectivity index is 1.95. The fourth-order valence-corrected chi connectivity index (χ4v) is 5.63. The smallest absolute Gasteiger partial charge is 0.408 e. The quantitative estimate of drug-likeness (QED) is 0.295. The third-order valence-corrected chi connectivity index (χ3v) is 8.28. The second kappa shape index (κ2) is 17.3. The highest BCUT2D eigenvalue weighted by molar-refractivity contribution is 5.94. The first-order chi connectivity index (χ1) is 23.3. The Kier molecular flexibility index (Phi) is 13.8. The van der Waals surface area contributed by atoms with E-state index < -0.39 is 58.8 Å². The number of nitrogens with zero attached hydrogens (tertiary/aromatic N) is 1. The minimum atomic E-state index is -1.17. The zero-order valence-corrected chi connectivity index (χ0v) is 30.2. The first-order valence-corrected chi connectivity index (χ1v) is 17.0. The summed E-state index contributed by atoms with van der Waals surface area (Å²) in [5, 5.41) is 21.5. The van der Waals surface area contributed by atoms with E-state index in [1.165, 1.54) is 36.2 Å². The van der Waals surface area contributed by atoms with E-state index in [2.05, 4.69) is 21.3 Å². The number of likely N-dealkylation sites (N-methyl/N-ethyl adjacent to an activating group) is 1. The van der Waals surface area contributed by atoms with Gasteiger partial charge in [-0.3, -0.25) is 19.2 Å². The van der Waals surface area contributed by atoms with Gasteiger partial charge in [0.15, 0.2) is 0 Å². The number of alkyl carbamates (subject to hydrolysis) is 1. The predicted octanol–water partition coefficient (Wildman–Crippen LogP) is 3.63. The maximum Gasteiger partial charge on any atom is 0.408 e. The van der Waals surface area contributed by atoms with Crippen molar-refractivity contribution in [2.24, 2.45) is 0 Å². The standard InChI is InChI=1S/C37H52FN5O7/c1-36(2,3)26-20-24(13-16-30(26)44)22-27-32(46)40-19-17-31(45)39-18-9-8-10-29(33(47)41-27)43(7)34(48)28(42-35(49)50-37(4,5)6)21-23-11-14-25(38)15-12-23/h11-16,20,27-29,44H,8-10,17-19,21-22H2,1-7H3,(H,39,45)(H,40,46)(H,41,47)(H,42,49)/t27?,28-,29?/m0/s1. The first kappa shape index (κ1) is 39.8. The molecule has 0 aliphatic carbocycles. The van der Waals surface area contributed by atoms with Crippen molar-refractivity contribution in [1.29, 1.82) is 0 Å². The molecule has 0 saturated carbocycles. The number of benzene rings is 2. The molecule has 2 aromatic rings. The van der Waals surface area contributed by atoms with Gasteiger partial charge in [0.1, 0.15) is 35.3 Å². The van der Waals surface area contributed by atoms with Crippen LogP contribution in [0.3, 0.4) is 0 Å². The van der Waals surface area contributed by atoms with Gasteiger partial charge in [0.2, 0.25) is 23.6 Å². The number of phenolic OH excluding ortho intramolecular Hbond substituents is 1. The fraction of sp³-hybridized carbons (Fsp3) is 0.541.